The standard InChI is InChI=1S/C28H29Cl2FN8O/c1-16-13-17(14-22(31)23(16)37-10-7-18(8-11-37)36(2)3)34-27-33-15-19-25(35-27)38-12-9-32-28(38)39(26(19)40)24-20(29)5-4-6-21(24)30/h4-6,13-15,18H,7-12H2,1-3H3,(H,33,34,35). The molecule has 2 aromatic carbocycles. The van der Waals surface area contributed by atoms with Gasteiger partial charge in [0.1, 0.15) is 11.4 Å². The average Bonchev–Trinajstić information content (AvgIpc) is 3.40. The van der Waals surface area contributed by atoms with Gasteiger partial charge in [0, 0.05) is 37.6 Å². The molecule has 0 aliphatic carbocycles. The molecule has 3 aliphatic rings. The number of carbonyl (C=O) groups is 1. The van der Waals surface area contributed by atoms with Gasteiger partial charge in [0.25, 0.3) is 5.91 Å². The highest BCUT2D eigenvalue weighted by atomic mass is 35.5. The van der Waals surface area contributed by atoms with E-state index in [1.165, 1.54) is 17.2 Å². The Hall–Kier alpha value is -3.47. The van der Waals surface area contributed by atoms with Crippen LogP contribution in [0.4, 0.5) is 33.2 Å². The van der Waals surface area contributed by atoms with Crippen LogP contribution in [-0.4, -0.2) is 73.1 Å². The Labute approximate surface area is 242 Å². The molecule has 3 aromatic rings. The topological polar surface area (TPSA) is 80.2 Å². The minimum absolute atomic E-state index is 0.250. The smallest absolute Gasteiger partial charge is 0.270 e. The summed E-state index contributed by atoms with van der Waals surface area (Å²) < 4.78 is 15.4. The zero-order chi connectivity index (χ0) is 28.1. The van der Waals surface area contributed by atoms with E-state index in [1.807, 2.05) is 17.9 Å². The van der Waals surface area contributed by atoms with Gasteiger partial charge < -0.3 is 15.1 Å². The van der Waals surface area contributed by atoms with Crippen LogP contribution in [0, 0.1) is 12.7 Å². The van der Waals surface area contributed by atoms with Crippen molar-refractivity contribution in [1.82, 2.24) is 14.9 Å². The van der Waals surface area contributed by atoms with Crippen LogP contribution in [0.15, 0.2) is 41.5 Å². The molecule has 1 N–H and O–H groups in total. The average molecular weight is 583 g/mol. The van der Waals surface area contributed by atoms with Crippen LogP contribution in [0.1, 0.15) is 28.8 Å². The molecule has 4 heterocycles. The molecule has 3 aliphatic heterocycles. The van der Waals surface area contributed by atoms with Crippen molar-refractivity contribution in [1.29, 1.82) is 0 Å². The normalized spacial score (nSPS) is 17.3. The van der Waals surface area contributed by atoms with Crippen molar-refractivity contribution in [3.63, 3.8) is 0 Å². The number of hydrogen-bond acceptors (Lipinski definition) is 8. The van der Waals surface area contributed by atoms with Gasteiger partial charge in [0.2, 0.25) is 11.9 Å². The van der Waals surface area contributed by atoms with Crippen molar-refractivity contribution in [2.24, 2.45) is 4.99 Å². The van der Waals surface area contributed by atoms with Crippen LogP contribution >= 0.6 is 23.2 Å². The van der Waals surface area contributed by atoms with E-state index in [4.69, 9.17) is 23.2 Å². The van der Waals surface area contributed by atoms with Gasteiger partial charge in [0.05, 0.1) is 28.0 Å². The Balaban J connectivity index is 1.27. The van der Waals surface area contributed by atoms with Crippen LogP contribution in [0.5, 0.6) is 0 Å². The summed E-state index contributed by atoms with van der Waals surface area (Å²) in [5, 5.41) is 3.79. The van der Waals surface area contributed by atoms with Crippen molar-refractivity contribution >= 4 is 63.9 Å². The number of para-hydroxylation sites is 1. The second kappa shape index (κ2) is 10.5. The van der Waals surface area contributed by atoms with Crippen LogP contribution in [-0.2, 0) is 0 Å². The van der Waals surface area contributed by atoms with E-state index in [2.05, 4.69) is 44.2 Å². The minimum atomic E-state index is -0.377. The van der Waals surface area contributed by atoms with Crippen LogP contribution < -0.4 is 20.0 Å². The molecule has 12 heteroatoms. The lowest BCUT2D eigenvalue weighted by Crippen LogP contribution is -2.51. The highest BCUT2D eigenvalue weighted by Gasteiger charge is 2.41. The van der Waals surface area contributed by atoms with Crippen LogP contribution in [0.25, 0.3) is 0 Å². The molecule has 40 heavy (non-hydrogen) atoms. The lowest BCUT2D eigenvalue weighted by Gasteiger charge is -2.37. The number of aryl methyl sites for hydroxylation is 1. The van der Waals surface area contributed by atoms with Gasteiger partial charge in [-0.3, -0.25) is 14.7 Å². The monoisotopic (exact) mass is 582 g/mol. The first-order chi connectivity index (χ1) is 19.2. The Morgan fingerprint density at radius 2 is 1.80 bits per heavy atom. The van der Waals surface area contributed by atoms with Crippen molar-refractivity contribution in [3.05, 3.63) is 63.5 Å². The fourth-order valence-electron chi connectivity index (χ4n) is 5.68. The summed E-state index contributed by atoms with van der Waals surface area (Å²) in [7, 11) is 4.18. The molecule has 0 bridgehead atoms. The number of aromatic nitrogens is 2. The van der Waals surface area contributed by atoms with Crippen LogP contribution in [0.3, 0.4) is 0 Å². The highest BCUT2D eigenvalue weighted by Crippen LogP contribution is 2.40. The zero-order valence-electron chi connectivity index (χ0n) is 22.5. The fraction of sp³-hybridized carbons (Fsp3) is 0.357. The van der Waals surface area contributed by atoms with E-state index in [9.17, 15) is 4.79 Å². The van der Waals surface area contributed by atoms with Crippen molar-refractivity contribution < 1.29 is 9.18 Å². The molecule has 0 atom stereocenters. The van der Waals surface area contributed by atoms with Crippen molar-refractivity contribution in [2.45, 2.75) is 25.8 Å². The number of amides is 1. The van der Waals surface area contributed by atoms with E-state index < -0.39 is 0 Å². The largest absolute Gasteiger partial charge is 0.369 e. The number of anilines is 5. The maximum Gasteiger partial charge on any atom is 0.270 e. The van der Waals surface area contributed by atoms with Gasteiger partial charge in [-0.15, -0.1) is 0 Å². The molecule has 9 nitrogen and oxygen atoms in total. The summed E-state index contributed by atoms with van der Waals surface area (Å²) in [6, 6.07) is 8.95. The number of carbonyl (C=O) groups excluding carboxylic acids is 1. The Morgan fingerprint density at radius 3 is 2.48 bits per heavy atom. The number of benzene rings is 2. The summed E-state index contributed by atoms with van der Waals surface area (Å²) in [5.41, 5.74) is 2.66. The highest BCUT2D eigenvalue weighted by molar-refractivity contribution is 6.43. The summed E-state index contributed by atoms with van der Waals surface area (Å²) in [5.74, 6) is 0.412. The van der Waals surface area contributed by atoms with Crippen LogP contribution in [0.2, 0.25) is 10.0 Å². The predicted molar refractivity (Wildman–Crippen MR) is 158 cm³/mol. The van der Waals surface area contributed by atoms with Gasteiger partial charge in [-0.05, 0) is 63.7 Å². The third kappa shape index (κ3) is 4.63. The maximum absolute atomic E-state index is 15.4. The van der Waals surface area contributed by atoms with E-state index in [0.29, 0.717) is 63.6 Å². The Bertz CT molecular complexity index is 1480. The summed E-state index contributed by atoms with van der Waals surface area (Å²) in [4.78, 5) is 34.8. The van der Waals surface area contributed by atoms with Gasteiger partial charge in [-0.1, -0.05) is 29.3 Å². The number of hydrogen-bond donors (Lipinski definition) is 1. The summed E-state index contributed by atoms with van der Waals surface area (Å²) in [6.45, 7) is 4.54. The van der Waals surface area contributed by atoms with Gasteiger partial charge in [0.15, 0.2) is 5.82 Å². The number of aliphatic imine (C=N–C) groups is 1. The summed E-state index contributed by atoms with van der Waals surface area (Å²) >= 11 is 12.9. The SMILES string of the molecule is Cc1cc(Nc2ncc3c(n2)N2CCN=C2N(c2c(Cl)cccc2Cl)C3=O)cc(F)c1N1CCC(N(C)C)CC1. The molecule has 1 saturated heterocycles. The van der Waals surface area contributed by atoms with Crippen molar-refractivity contribution in [2.75, 3.05) is 60.3 Å². The number of guanidine groups is 1. The molecular weight excluding hydrogens is 554 g/mol. The third-order valence-corrected chi connectivity index (χ3v) is 8.27. The molecule has 1 amide bonds. The lowest BCUT2D eigenvalue weighted by molar-refractivity contribution is 0.1000. The molecular formula is C28H29Cl2FN8O. The number of fused-ring (bicyclic) bond motifs is 3. The number of piperidine rings is 1. The number of nitrogens with one attached hydrogen (secondary N) is 1. The van der Waals surface area contributed by atoms with Gasteiger partial charge in [-0.25, -0.2) is 14.3 Å². The first kappa shape index (κ1) is 26.7. The first-order valence-corrected chi connectivity index (χ1v) is 13.9. The molecule has 1 aromatic heterocycles. The quantitative estimate of drug-likeness (QED) is 0.435. The number of halogens is 3. The third-order valence-electron chi connectivity index (χ3n) is 7.66. The number of rotatable bonds is 5. The van der Waals surface area contributed by atoms with Gasteiger partial charge >= 0.3 is 0 Å². The second-order valence-corrected chi connectivity index (χ2v) is 11.2. The molecule has 0 saturated carbocycles. The molecule has 208 valence electrons. The predicted octanol–water partition coefficient (Wildman–Crippen LogP) is 5.34. The number of nitrogens with zero attached hydrogens (tertiary/aromatic N) is 7. The Morgan fingerprint density at radius 1 is 1.07 bits per heavy atom. The zero-order valence-corrected chi connectivity index (χ0v) is 24.0. The second-order valence-electron chi connectivity index (χ2n) is 10.4. The minimum Gasteiger partial charge on any atom is -0.369 e. The van der Waals surface area contributed by atoms with Gasteiger partial charge in [-0.2, -0.15) is 4.98 Å². The first-order valence-electron chi connectivity index (χ1n) is 13.2. The molecule has 0 unspecified atom stereocenters. The summed E-state index contributed by atoms with van der Waals surface area (Å²) in [6.07, 6.45) is 3.46. The van der Waals surface area contributed by atoms with E-state index in [1.54, 1.807) is 18.2 Å². The van der Waals surface area contributed by atoms with Crippen molar-refractivity contribution in [3.8, 4) is 0 Å². The van der Waals surface area contributed by atoms with E-state index in [0.717, 1.165) is 31.5 Å². The van der Waals surface area contributed by atoms with E-state index >= 15 is 4.39 Å². The van der Waals surface area contributed by atoms with E-state index in [-0.39, 0.29) is 17.7 Å². The maximum atomic E-state index is 15.4. The molecule has 0 radical (unpaired) electrons. The Kier molecular flexibility index (Phi) is 7.02. The fourth-order valence-corrected chi connectivity index (χ4v) is 6.24. The lowest BCUT2D eigenvalue weighted by atomic mass is 10.0. The molecule has 1 fully saturated rings. The molecule has 6 rings (SSSR count). The molecule has 0 spiro atoms.